The number of benzene rings is 2. The van der Waals surface area contributed by atoms with Crippen LogP contribution in [0.25, 0.3) is 22.1 Å². The fraction of sp³-hybridized carbons (Fsp3) is 0.263. The van der Waals surface area contributed by atoms with E-state index in [9.17, 15) is 0 Å². The Labute approximate surface area is 119 Å². The van der Waals surface area contributed by atoms with E-state index >= 15 is 0 Å². The maximum absolute atomic E-state index is 5.82. The molecular formula is C19H18O. The third-order valence-corrected chi connectivity index (χ3v) is 4.51. The van der Waals surface area contributed by atoms with Gasteiger partial charge in [-0.3, -0.25) is 0 Å². The van der Waals surface area contributed by atoms with E-state index in [1.807, 2.05) is 6.26 Å². The van der Waals surface area contributed by atoms with Crippen LogP contribution in [0.1, 0.15) is 37.2 Å². The molecule has 20 heavy (non-hydrogen) atoms. The standard InChI is InChI=1S/C19H18O/c1-2-7-14(8-3-1)16-11-6-12-18-19(16)17(13-20-18)15-9-4-5-10-15/h1-3,6-8,11-13,15H,4-5,9-10H2. The molecule has 0 unspecified atom stereocenters. The number of hydrogen-bond donors (Lipinski definition) is 0. The zero-order chi connectivity index (χ0) is 13.4. The maximum atomic E-state index is 5.82. The maximum Gasteiger partial charge on any atom is 0.134 e. The SMILES string of the molecule is c1ccc(-c2cccc3occ(C4CCCC4)c23)cc1. The van der Waals surface area contributed by atoms with E-state index < -0.39 is 0 Å². The molecule has 0 aliphatic heterocycles. The van der Waals surface area contributed by atoms with Gasteiger partial charge in [0.2, 0.25) is 0 Å². The molecule has 3 aromatic rings. The van der Waals surface area contributed by atoms with Crippen molar-refractivity contribution in [1.29, 1.82) is 0 Å². The van der Waals surface area contributed by atoms with Gasteiger partial charge in [-0.2, -0.15) is 0 Å². The Morgan fingerprint density at radius 1 is 0.850 bits per heavy atom. The summed E-state index contributed by atoms with van der Waals surface area (Å²) in [6.45, 7) is 0. The topological polar surface area (TPSA) is 13.1 Å². The van der Waals surface area contributed by atoms with Crippen LogP contribution in [0, 0.1) is 0 Å². The van der Waals surface area contributed by atoms with Crippen LogP contribution in [0.4, 0.5) is 0 Å². The molecule has 100 valence electrons. The van der Waals surface area contributed by atoms with E-state index in [1.54, 1.807) is 0 Å². The van der Waals surface area contributed by atoms with Gasteiger partial charge >= 0.3 is 0 Å². The Morgan fingerprint density at radius 3 is 2.45 bits per heavy atom. The van der Waals surface area contributed by atoms with Crippen molar-refractivity contribution >= 4 is 11.0 Å². The van der Waals surface area contributed by atoms with Crippen molar-refractivity contribution in [3.8, 4) is 11.1 Å². The van der Waals surface area contributed by atoms with Crippen LogP contribution in [0.15, 0.2) is 59.2 Å². The average molecular weight is 262 g/mol. The quantitative estimate of drug-likeness (QED) is 0.572. The molecule has 1 heteroatoms. The molecule has 0 saturated heterocycles. The normalized spacial score (nSPS) is 16.0. The average Bonchev–Trinajstić information content (AvgIpc) is 3.16. The summed E-state index contributed by atoms with van der Waals surface area (Å²) >= 11 is 0. The lowest BCUT2D eigenvalue weighted by Crippen LogP contribution is -1.91. The Hall–Kier alpha value is -2.02. The molecule has 0 amide bonds. The highest BCUT2D eigenvalue weighted by atomic mass is 16.3. The van der Waals surface area contributed by atoms with E-state index in [4.69, 9.17) is 4.42 Å². The van der Waals surface area contributed by atoms with Gasteiger partial charge < -0.3 is 4.42 Å². The third-order valence-electron chi connectivity index (χ3n) is 4.51. The van der Waals surface area contributed by atoms with Gasteiger partial charge in [-0.15, -0.1) is 0 Å². The van der Waals surface area contributed by atoms with Gasteiger partial charge in [0.05, 0.1) is 6.26 Å². The van der Waals surface area contributed by atoms with Crippen molar-refractivity contribution in [2.24, 2.45) is 0 Å². The fourth-order valence-corrected chi connectivity index (χ4v) is 3.51. The highest BCUT2D eigenvalue weighted by molar-refractivity contribution is 5.96. The third kappa shape index (κ3) is 1.85. The Kier molecular flexibility index (Phi) is 2.84. The summed E-state index contributed by atoms with van der Waals surface area (Å²) in [5.41, 5.74) is 5.02. The largest absolute Gasteiger partial charge is 0.464 e. The second kappa shape index (κ2) is 4.82. The summed E-state index contributed by atoms with van der Waals surface area (Å²) in [7, 11) is 0. The molecule has 1 aromatic heterocycles. The zero-order valence-corrected chi connectivity index (χ0v) is 11.5. The van der Waals surface area contributed by atoms with E-state index in [-0.39, 0.29) is 0 Å². The lowest BCUT2D eigenvalue weighted by molar-refractivity contribution is 0.599. The predicted molar refractivity (Wildman–Crippen MR) is 82.9 cm³/mol. The minimum absolute atomic E-state index is 0.682. The molecule has 1 heterocycles. The minimum Gasteiger partial charge on any atom is -0.464 e. The van der Waals surface area contributed by atoms with Gasteiger partial charge in [-0.05, 0) is 36.0 Å². The monoisotopic (exact) mass is 262 g/mol. The minimum atomic E-state index is 0.682. The summed E-state index contributed by atoms with van der Waals surface area (Å²) < 4.78 is 5.82. The lowest BCUT2D eigenvalue weighted by Gasteiger charge is -2.10. The molecule has 0 N–H and O–H groups in total. The predicted octanol–water partition coefficient (Wildman–Crippen LogP) is 5.76. The number of rotatable bonds is 2. The summed E-state index contributed by atoms with van der Waals surface area (Å²) in [5.74, 6) is 0.682. The Balaban J connectivity index is 1.94. The highest BCUT2D eigenvalue weighted by Crippen LogP contribution is 2.41. The van der Waals surface area contributed by atoms with E-state index in [0.29, 0.717) is 5.92 Å². The molecule has 1 aliphatic rings. The van der Waals surface area contributed by atoms with Gasteiger partial charge in [0.1, 0.15) is 5.58 Å². The van der Waals surface area contributed by atoms with Crippen LogP contribution in [0.3, 0.4) is 0 Å². The molecule has 0 spiro atoms. The van der Waals surface area contributed by atoms with Crippen molar-refractivity contribution in [1.82, 2.24) is 0 Å². The second-order valence-electron chi connectivity index (χ2n) is 5.72. The highest BCUT2D eigenvalue weighted by Gasteiger charge is 2.22. The molecular weight excluding hydrogens is 244 g/mol. The van der Waals surface area contributed by atoms with Crippen LogP contribution >= 0.6 is 0 Å². The first kappa shape index (κ1) is 11.8. The summed E-state index contributed by atoms with van der Waals surface area (Å²) in [6.07, 6.45) is 7.30. The van der Waals surface area contributed by atoms with E-state index in [0.717, 1.165) is 5.58 Å². The number of furan rings is 1. The Bertz CT molecular complexity index is 718. The Morgan fingerprint density at radius 2 is 1.65 bits per heavy atom. The summed E-state index contributed by atoms with van der Waals surface area (Å²) in [5, 5.41) is 1.32. The number of hydrogen-bond acceptors (Lipinski definition) is 1. The van der Waals surface area contributed by atoms with Crippen molar-refractivity contribution < 1.29 is 4.42 Å². The van der Waals surface area contributed by atoms with E-state index in [2.05, 4.69) is 48.5 Å². The van der Waals surface area contributed by atoms with Crippen LogP contribution in [0.2, 0.25) is 0 Å². The molecule has 0 atom stereocenters. The van der Waals surface area contributed by atoms with Crippen molar-refractivity contribution in [3.05, 3.63) is 60.4 Å². The fourth-order valence-electron chi connectivity index (χ4n) is 3.51. The van der Waals surface area contributed by atoms with Crippen LogP contribution in [0.5, 0.6) is 0 Å². The molecule has 1 saturated carbocycles. The van der Waals surface area contributed by atoms with Crippen molar-refractivity contribution in [2.75, 3.05) is 0 Å². The van der Waals surface area contributed by atoms with Gasteiger partial charge in [0.25, 0.3) is 0 Å². The second-order valence-corrected chi connectivity index (χ2v) is 5.72. The zero-order valence-electron chi connectivity index (χ0n) is 11.5. The molecule has 1 nitrogen and oxygen atoms in total. The van der Waals surface area contributed by atoms with E-state index in [1.165, 1.54) is 47.8 Å². The first-order valence-corrected chi connectivity index (χ1v) is 7.49. The van der Waals surface area contributed by atoms with Gasteiger partial charge in [0, 0.05) is 10.9 Å². The molecule has 0 bridgehead atoms. The van der Waals surface area contributed by atoms with Gasteiger partial charge in [-0.1, -0.05) is 55.3 Å². The molecule has 2 aromatic carbocycles. The molecule has 4 rings (SSSR count). The summed E-state index contributed by atoms with van der Waals surface area (Å²) in [4.78, 5) is 0. The smallest absolute Gasteiger partial charge is 0.134 e. The lowest BCUT2D eigenvalue weighted by atomic mass is 9.92. The molecule has 0 radical (unpaired) electrons. The molecule has 1 fully saturated rings. The van der Waals surface area contributed by atoms with Crippen molar-refractivity contribution in [3.63, 3.8) is 0 Å². The van der Waals surface area contributed by atoms with Gasteiger partial charge in [0.15, 0.2) is 0 Å². The van der Waals surface area contributed by atoms with Crippen LogP contribution < -0.4 is 0 Å². The first-order chi connectivity index (χ1) is 9.93. The van der Waals surface area contributed by atoms with Crippen LogP contribution in [-0.4, -0.2) is 0 Å². The van der Waals surface area contributed by atoms with Crippen molar-refractivity contribution in [2.45, 2.75) is 31.6 Å². The first-order valence-electron chi connectivity index (χ1n) is 7.49. The van der Waals surface area contributed by atoms with Crippen LogP contribution in [-0.2, 0) is 0 Å². The summed E-state index contributed by atoms with van der Waals surface area (Å²) in [6, 6.07) is 17.0. The van der Waals surface area contributed by atoms with Gasteiger partial charge in [-0.25, -0.2) is 0 Å². The number of fused-ring (bicyclic) bond motifs is 1. The molecule has 1 aliphatic carbocycles.